The summed E-state index contributed by atoms with van der Waals surface area (Å²) >= 11 is 0. The summed E-state index contributed by atoms with van der Waals surface area (Å²) < 4.78 is 4.70. The van der Waals surface area contributed by atoms with Crippen molar-refractivity contribution in [3.8, 4) is 0 Å². The third-order valence-electron chi connectivity index (χ3n) is 2.15. The first-order chi connectivity index (χ1) is 7.74. The van der Waals surface area contributed by atoms with E-state index in [1.54, 1.807) is 6.92 Å². The number of carbonyl (C=O) groups excluding carboxylic acids is 1. The van der Waals surface area contributed by atoms with Gasteiger partial charge in [-0.1, -0.05) is 30.3 Å². The number of hydrogen-bond donors (Lipinski definition) is 2. The van der Waals surface area contributed by atoms with E-state index in [-0.39, 0.29) is 0 Å². The van der Waals surface area contributed by atoms with Gasteiger partial charge in [0, 0.05) is 6.54 Å². The topological polar surface area (TPSA) is 58.6 Å². The molecule has 16 heavy (non-hydrogen) atoms. The lowest BCUT2D eigenvalue weighted by molar-refractivity contribution is 0.143. The average Bonchev–Trinajstić information content (AvgIpc) is 2.30. The molecule has 4 heteroatoms. The maximum Gasteiger partial charge on any atom is 0.407 e. The van der Waals surface area contributed by atoms with Gasteiger partial charge in [-0.3, -0.25) is 0 Å². The lowest BCUT2D eigenvalue weighted by atomic mass is 10.1. The highest BCUT2D eigenvalue weighted by Crippen LogP contribution is 2.14. The summed E-state index contributed by atoms with van der Waals surface area (Å²) in [6, 6.07) is 9.35. The fraction of sp³-hybridized carbons (Fsp3) is 0.417. The molecule has 1 unspecified atom stereocenters. The first kappa shape index (κ1) is 12.5. The summed E-state index contributed by atoms with van der Waals surface area (Å²) in [5.41, 5.74) is 0.855. The second kappa shape index (κ2) is 6.85. The van der Waals surface area contributed by atoms with Crippen LogP contribution < -0.4 is 5.32 Å². The molecule has 1 aromatic carbocycles. The lowest BCUT2D eigenvalue weighted by Crippen LogP contribution is -2.26. The van der Waals surface area contributed by atoms with E-state index in [1.165, 1.54) is 0 Å². The van der Waals surface area contributed by atoms with Crippen molar-refractivity contribution in [2.45, 2.75) is 19.4 Å². The third-order valence-corrected chi connectivity index (χ3v) is 2.15. The zero-order chi connectivity index (χ0) is 11.8. The quantitative estimate of drug-likeness (QED) is 0.801. The number of alkyl carbamates (subject to hydrolysis) is 1. The number of benzene rings is 1. The van der Waals surface area contributed by atoms with Gasteiger partial charge in [0.05, 0.1) is 12.7 Å². The molecular weight excluding hydrogens is 206 g/mol. The molecule has 0 aliphatic heterocycles. The van der Waals surface area contributed by atoms with E-state index in [1.807, 2.05) is 30.3 Å². The Balaban J connectivity index is 2.26. The summed E-state index contributed by atoms with van der Waals surface area (Å²) in [6.45, 7) is 2.50. The number of rotatable bonds is 5. The molecule has 1 atom stereocenters. The summed E-state index contributed by atoms with van der Waals surface area (Å²) in [5.74, 6) is 0. The van der Waals surface area contributed by atoms with E-state index in [9.17, 15) is 9.90 Å². The Morgan fingerprint density at radius 3 is 2.75 bits per heavy atom. The standard InChI is InChI=1S/C12H17NO3/c1-2-16-12(15)13-9-8-11(14)10-6-4-3-5-7-10/h3-7,11,14H,2,8-9H2,1H3,(H,13,15). The predicted octanol–water partition coefficient (Wildman–Crippen LogP) is 1.86. The minimum Gasteiger partial charge on any atom is -0.450 e. The Hall–Kier alpha value is -1.55. The molecule has 1 amide bonds. The van der Waals surface area contributed by atoms with E-state index in [0.717, 1.165) is 5.56 Å². The molecule has 0 aliphatic rings. The van der Waals surface area contributed by atoms with E-state index in [0.29, 0.717) is 19.6 Å². The molecule has 88 valence electrons. The van der Waals surface area contributed by atoms with Crippen molar-refractivity contribution in [3.05, 3.63) is 35.9 Å². The molecule has 0 fully saturated rings. The van der Waals surface area contributed by atoms with Crippen LogP contribution in [-0.4, -0.2) is 24.4 Å². The van der Waals surface area contributed by atoms with Gasteiger partial charge in [0.2, 0.25) is 0 Å². The Kier molecular flexibility index (Phi) is 5.36. The molecular formula is C12H17NO3. The summed E-state index contributed by atoms with van der Waals surface area (Å²) in [6.07, 6.45) is -0.520. The van der Waals surface area contributed by atoms with Gasteiger partial charge in [0.25, 0.3) is 0 Å². The normalized spacial score (nSPS) is 11.9. The SMILES string of the molecule is CCOC(=O)NCCC(O)c1ccccc1. The average molecular weight is 223 g/mol. The zero-order valence-corrected chi connectivity index (χ0v) is 9.35. The Morgan fingerprint density at radius 2 is 2.12 bits per heavy atom. The molecule has 0 saturated carbocycles. The summed E-state index contributed by atoms with van der Waals surface area (Å²) in [7, 11) is 0. The van der Waals surface area contributed by atoms with Gasteiger partial charge >= 0.3 is 6.09 Å². The monoisotopic (exact) mass is 223 g/mol. The molecule has 0 aromatic heterocycles. The molecule has 0 radical (unpaired) electrons. The minimum atomic E-state index is -0.553. The lowest BCUT2D eigenvalue weighted by Gasteiger charge is -2.11. The van der Waals surface area contributed by atoms with Crippen LogP contribution in [0.2, 0.25) is 0 Å². The van der Waals surface area contributed by atoms with Crippen LogP contribution >= 0.6 is 0 Å². The number of carbonyl (C=O) groups is 1. The largest absolute Gasteiger partial charge is 0.450 e. The second-order valence-corrected chi connectivity index (χ2v) is 3.36. The molecule has 2 N–H and O–H groups in total. The van der Waals surface area contributed by atoms with Gasteiger partial charge in [-0.05, 0) is 18.9 Å². The summed E-state index contributed by atoms with van der Waals surface area (Å²) in [4.78, 5) is 10.9. The van der Waals surface area contributed by atoms with E-state index >= 15 is 0 Å². The Morgan fingerprint density at radius 1 is 1.44 bits per heavy atom. The van der Waals surface area contributed by atoms with Crippen LogP contribution in [0, 0.1) is 0 Å². The number of ether oxygens (including phenoxy) is 1. The van der Waals surface area contributed by atoms with Crippen molar-refractivity contribution >= 4 is 6.09 Å². The van der Waals surface area contributed by atoms with Crippen molar-refractivity contribution in [1.29, 1.82) is 0 Å². The number of amides is 1. The van der Waals surface area contributed by atoms with Gasteiger partial charge in [0.1, 0.15) is 0 Å². The molecule has 0 aliphatic carbocycles. The number of aliphatic hydroxyl groups excluding tert-OH is 1. The van der Waals surface area contributed by atoms with Crippen LogP contribution in [-0.2, 0) is 4.74 Å². The highest BCUT2D eigenvalue weighted by molar-refractivity contribution is 5.66. The molecule has 0 heterocycles. The molecule has 1 rings (SSSR count). The Labute approximate surface area is 95.2 Å². The van der Waals surface area contributed by atoms with Crippen LogP contribution in [0.4, 0.5) is 4.79 Å². The van der Waals surface area contributed by atoms with Crippen LogP contribution in [0.15, 0.2) is 30.3 Å². The smallest absolute Gasteiger partial charge is 0.407 e. The first-order valence-electron chi connectivity index (χ1n) is 5.37. The number of hydrogen-bond acceptors (Lipinski definition) is 3. The van der Waals surface area contributed by atoms with Gasteiger partial charge in [-0.15, -0.1) is 0 Å². The van der Waals surface area contributed by atoms with Crippen LogP contribution in [0.3, 0.4) is 0 Å². The van der Waals surface area contributed by atoms with Crippen molar-refractivity contribution in [2.75, 3.05) is 13.2 Å². The van der Waals surface area contributed by atoms with Gasteiger partial charge < -0.3 is 15.2 Å². The van der Waals surface area contributed by atoms with E-state index in [2.05, 4.69) is 5.32 Å². The molecule has 1 aromatic rings. The van der Waals surface area contributed by atoms with Crippen molar-refractivity contribution < 1.29 is 14.6 Å². The van der Waals surface area contributed by atoms with Crippen molar-refractivity contribution in [1.82, 2.24) is 5.32 Å². The fourth-order valence-corrected chi connectivity index (χ4v) is 1.33. The van der Waals surface area contributed by atoms with E-state index < -0.39 is 12.2 Å². The summed E-state index contributed by atoms with van der Waals surface area (Å²) in [5, 5.41) is 12.3. The van der Waals surface area contributed by atoms with Gasteiger partial charge in [-0.2, -0.15) is 0 Å². The number of aliphatic hydroxyl groups is 1. The maximum atomic E-state index is 10.9. The highest BCUT2D eigenvalue weighted by Gasteiger charge is 2.07. The van der Waals surface area contributed by atoms with Crippen LogP contribution in [0.5, 0.6) is 0 Å². The molecule has 0 spiro atoms. The Bertz CT molecular complexity index is 313. The van der Waals surface area contributed by atoms with Gasteiger partial charge in [-0.25, -0.2) is 4.79 Å². The predicted molar refractivity (Wildman–Crippen MR) is 61.0 cm³/mol. The zero-order valence-electron chi connectivity index (χ0n) is 9.35. The molecule has 0 saturated heterocycles. The van der Waals surface area contributed by atoms with Crippen LogP contribution in [0.1, 0.15) is 25.0 Å². The number of nitrogens with one attached hydrogen (secondary N) is 1. The molecule has 4 nitrogen and oxygen atoms in total. The van der Waals surface area contributed by atoms with Crippen LogP contribution in [0.25, 0.3) is 0 Å². The fourth-order valence-electron chi connectivity index (χ4n) is 1.33. The maximum absolute atomic E-state index is 10.9. The van der Waals surface area contributed by atoms with E-state index in [4.69, 9.17) is 4.74 Å². The first-order valence-corrected chi connectivity index (χ1v) is 5.37. The highest BCUT2D eigenvalue weighted by atomic mass is 16.5. The third kappa shape index (κ3) is 4.31. The minimum absolute atomic E-state index is 0.354. The molecule has 0 bridgehead atoms. The van der Waals surface area contributed by atoms with Gasteiger partial charge in [0.15, 0.2) is 0 Å². The second-order valence-electron chi connectivity index (χ2n) is 3.36. The van der Waals surface area contributed by atoms with Crippen molar-refractivity contribution in [3.63, 3.8) is 0 Å². The van der Waals surface area contributed by atoms with Crippen molar-refractivity contribution in [2.24, 2.45) is 0 Å².